The second kappa shape index (κ2) is 7.99. The number of halogens is 1. The Bertz CT molecular complexity index is 520. The maximum absolute atomic E-state index is 12.2. The van der Waals surface area contributed by atoms with Gasteiger partial charge >= 0.3 is 12.0 Å². The quantitative estimate of drug-likeness (QED) is 0.729. The van der Waals surface area contributed by atoms with Gasteiger partial charge in [0, 0.05) is 29.4 Å². The number of rotatable bonds is 6. The number of hydrogen-bond donors (Lipinski definition) is 3. The number of nitrogens with one attached hydrogen (secondary N) is 1. The van der Waals surface area contributed by atoms with E-state index < -0.39 is 5.97 Å². The molecule has 0 fully saturated rings. The Labute approximate surface area is 131 Å². The van der Waals surface area contributed by atoms with E-state index in [-0.39, 0.29) is 24.2 Å². The van der Waals surface area contributed by atoms with Gasteiger partial charge in [-0.1, -0.05) is 0 Å². The molecule has 116 valence electrons. The number of carboxylic acids is 1. The van der Waals surface area contributed by atoms with Crippen molar-refractivity contribution < 1.29 is 19.8 Å². The molecule has 1 rings (SSSR count). The lowest BCUT2D eigenvalue weighted by molar-refractivity contribution is 0.0696. The molecule has 0 bridgehead atoms. The maximum Gasteiger partial charge on any atom is 0.336 e. The van der Waals surface area contributed by atoms with Crippen molar-refractivity contribution in [3.8, 4) is 0 Å². The van der Waals surface area contributed by atoms with Gasteiger partial charge < -0.3 is 20.4 Å². The summed E-state index contributed by atoms with van der Waals surface area (Å²) >= 11 is 3.15. The Kier molecular flexibility index (Phi) is 6.64. The first-order chi connectivity index (χ1) is 9.86. The van der Waals surface area contributed by atoms with Crippen molar-refractivity contribution in [2.75, 3.05) is 18.5 Å². The van der Waals surface area contributed by atoms with Gasteiger partial charge in [0.1, 0.15) is 0 Å². The monoisotopic (exact) mass is 358 g/mol. The molecule has 0 aliphatic heterocycles. The minimum absolute atomic E-state index is 0.0119. The van der Waals surface area contributed by atoms with Crippen molar-refractivity contribution >= 4 is 33.6 Å². The zero-order valence-electron chi connectivity index (χ0n) is 12.0. The van der Waals surface area contributed by atoms with Gasteiger partial charge in [-0.3, -0.25) is 0 Å². The Balaban J connectivity index is 2.86. The molecule has 0 radical (unpaired) electrons. The van der Waals surface area contributed by atoms with Gasteiger partial charge in [-0.2, -0.15) is 0 Å². The lowest BCUT2D eigenvalue weighted by atomic mass is 10.2. The van der Waals surface area contributed by atoms with Gasteiger partial charge in [-0.15, -0.1) is 0 Å². The second-order valence-electron chi connectivity index (χ2n) is 4.79. The van der Waals surface area contributed by atoms with Crippen LogP contribution in [0.5, 0.6) is 0 Å². The summed E-state index contributed by atoms with van der Waals surface area (Å²) in [6, 6.07) is 4.25. The SMILES string of the molecule is CC(C)N(CCCO)C(=O)Nc1ccc(Br)c(C(=O)O)c1. The van der Waals surface area contributed by atoms with E-state index in [1.54, 1.807) is 17.0 Å². The van der Waals surface area contributed by atoms with Crippen molar-refractivity contribution in [3.63, 3.8) is 0 Å². The highest BCUT2D eigenvalue weighted by molar-refractivity contribution is 9.10. The first-order valence-corrected chi connectivity index (χ1v) is 7.37. The summed E-state index contributed by atoms with van der Waals surface area (Å²) in [7, 11) is 0. The van der Waals surface area contributed by atoms with Gasteiger partial charge in [0.15, 0.2) is 0 Å². The van der Waals surface area contributed by atoms with Gasteiger partial charge in [0.05, 0.1) is 5.56 Å². The standard InChI is InChI=1S/C14H19BrN2O4/c1-9(2)17(6-3-7-18)14(21)16-10-4-5-12(15)11(8-10)13(19)20/h4-5,8-9,18H,3,6-7H2,1-2H3,(H,16,21)(H,19,20). The van der Waals surface area contributed by atoms with Crippen LogP contribution in [0.4, 0.5) is 10.5 Å². The molecule has 6 nitrogen and oxygen atoms in total. The van der Waals surface area contributed by atoms with Crippen LogP contribution in [0.1, 0.15) is 30.6 Å². The first kappa shape index (κ1) is 17.5. The molecular weight excluding hydrogens is 340 g/mol. The molecule has 0 heterocycles. The molecule has 0 atom stereocenters. The predicted molar refractivity (Wildman–Crippen MR) is 83.7 cm³/mol. The van der Waals surface area contributed by atoms with Crippen molar-refractivity contribution in [1.29, 1.82) is 0 Å². The molecule has 1 aromatic carbocycles. The lowest BCUT2D eigenvalue weighted by Crippen LogP contribution is -2.41. The van der Waals surface area contributed by atoms with Crippen LogP contribution in [0.25, 0.3) is 0 Å². The second-order valence-corrected chi connectivity index (χ2v) is 5.65. The zero-order valence-corrected chi connectivity index (χ0v) is 13.6. The third kappa shape index (κ3) is 5.02. The third-order valence-corrected chi connectivity index (χ3v) is 3.58. The molecule has 0 unspecified atom stereocenters. The Morgan fingerprint density at radius 3 is 2.57 bits per heavy atom. The van der Waals surface area contributed by atoms with E-state index in [2.05, 4.69) is 21.2 Å². The van der Waals surface area contributed by atoms with Gasteiger partial charge in [-0.25, -0.2) is 9.59 Å². The normalized spacial score (nSPS) is 10.5. The minimum Gasteiger partial charge on any atom is -0.478 e. The summed E-state index contributed by atoms with van der Waals surface area (Å²) in [5, 5.41) is 20.6. The number of carboxylic acid groups (broad SMARTS) is 1. The summed E-state index contributed by atoms with van der Waals surface area (Å²) in [5.41, 5.74) is 0.495. The number of hydrogen-bond acceptors (Lipinski definition) is 3. The number of anilines is 1. The van der Waals surface area contributed by atoms with Crippen molar-refractivity contribution in [3.05, 3.63) is 28.2 Å². The summed E-state index contributed by atoms with van der Waals surface area (Å²) in [5.74, 6) is -1.07. The van der Waals surface area contributed by atoms with E-state index in [1.807, 2.05) is 13.8 Å². The Morgan fingerprint density at radius 1 is 1.38 bits per heavy atom. The number of carbonyl (C=O) groups is 2. The van der Waals surface area contributed by atoms with Gasteiger partial charge in [0.2, 0.25) is 0 Å². The van der Waals surface area contributed by atoms with E-state index in [0.29, 0.717) is 23.1 Å². The first-order valence-electron chi connectivity index (χ1n) is 6.58. The number of aliphatic hydroxyl groups is 1. The summed E-state index contributed by atoms with van der Waals surface area (Å²) in [6.45, 7) is 4.20. The number of urea groups is 1. The van der Waals surface area contributed by atoms with Crippen LogP contribution >= 0.6 is 15.9 Å². The predicted octanol–water partition coefficient (Wildman–Crippen LogP) is 2.77. The molecular formula is C14H19BrN2O4. The number of nitrogens with zero attached hydrogens (tertiary/aromatic N) is 1. The van der Waals surface area contributed by atoms with Crippen LogP contribution < -0.4 is 5.32 Å². The average Bonchev–Trinajstić information content (AvgIpc) is 2.40. The van der Waals surface area contributed by atoms with Crippen molar-refractivity contribution in [2.45, 2.75) is 26.3 Å². The highest BCUT2D eigenvalue weighted by Gasteiger charge is 2.17. The topological polar surface area (TPSA) is 89.9 Å². The molecule has 7 heteroatoms. The van der Waals surface area contributed by atoms with Crippen molar-refractivity contribution in [2.24, 2.45) is 0 Å². The molecule has 0 saturated heterocycles. The smallest absolute Gasteiger partial charge is 0.336 e. The minimum atomic E-state index is -1.07. The number of aliphatic hydroxyl groups excluding tert-OH is 1. The van der Waals surface area contributed by atoms with E-state index in [4.69, 9.17) is 10.2 Å². The highest BCUT2D eigenvalue weighted by Crippen LogP contribution is 2.21. The van der Waals surface area contributed by atoms with E-state index in [1.165, 1.54) is 6.07 Å². The molecule has 3 N–H and O–H groups in total. The average molecular weight is 359 g/mol. The molecule has 21 heavy (non-hydrogen) atoms. The number of benzene rings is 1. The molecule has 0 aromatic heterocycles. The number of aromatic carboxylic acids is 1. The van der Waals surface area contributed by atoms with E-state index in [9.17, 15) is 9.59 Å². The summed E-state index contributed by atoms with van der Waals surface area (Å²) in [4.78, 5) is 24.8. The summed E-state index contributed by atoms with van der Waals surface area (Å²) < 4.78 is 0.453. The van der Waals surface area contributed by atoms with Crippen LogP contribution in [0.2, 0.25) is 0 Å². The zero-order chi connectivity index (χ0) is 16.0. The fourth-order valence-electron chi connectivity index (χ4n) is 1.80. The van der Waals surface area contributed by atoms with Gasteiger partial charge in [-0.05, 0) is 54.4 Å². The van der Waals surface area contributed by atoms with Crippen LogP contribution in [0.15, 0.2) is 22.7 Å². The number of carbonyl (C=O) groups excluding carboxylic acids is 1. The van der Waals surface area contributed by atoms with Crippen LogP contribution in [-0.4, -0.2) is 46.3 Å². The van der Waals surface area contributed by atoms with Crippen LogP contribution in [-0.2, 0) is 0 Å². The maximum atomic E-state index is 12.2. The van der Waals surface area contributed by atoms with E-state index >= 15 is 0 Å². The highest BCUT2D eigenvalue weighted by atomic mass is 79.9. The third-order valence-electron chi connectivity index (χ3n) is 2.89. The molecule has 0 aliphatic rings. The molecule has 0 spiro atoms. The summed E-state index contributed by atoms with van der Waals surface area (Å²) in [6.07, 6.45) is 0.492. The molecule has 2 amide bonds. The van der Waals surface area contributed by atoms with Crippen LogP contribution in [0, 0.1) is 0 Å². The lowest BCUT2D eigenvalue weighted by Gasteiger charge is -2.26. The van der Waals surface area contributed by atoms with Crippen LogP contribution in [0.3, 0.4) is 0 Å². The fourth-order valence-corrected chi connectivity index (χ4v) is 2.21. The largest absolute Gasteiger partial charge is 0.478 e. The fraction of sp³-hybridized carbons (Fsp3) is 0.429. The molecule has 1 aromatic rings. The van der Waals surface area contributed by atoms with Gasteiger partial charge in [0.25, 0.3) is 0 Å². The molecule has 0 saturated carbocycles. The number of amides is 2. The van der Waals surface area contributed by atoms with E-state index in [0.717, 1.165) is 0 Å². The Morgan fingerprint density at radius 2 is 2.05 bits per heavy atom. The Hall–Kier alpha value is -1.60. The molecule has 0 aliphatic carbocycles. The van der Waals surface area contributed by atoms with Crippen molar-refractivity contribution in [1.82, 2.24) is 4.90 Å².